The van der Waals surface area contributed by atoms with Crippen LogP contribution < -0.4 is 10.0 Å². The smallest absolute Gasteiger partial charge is 0.264 e. The van der Waals surface area contributed by atoms with Gasteiger partial charge in [0.25, 0.3) is 10.0 Å². The van der Waals surface area contributed by atoms with E-state index < -0.39 is 26.6 Å². The zero-order chi connectivity index (χ0) is 16.6. The molecule has 0 atom stereocenters. The molecule has 5 nitrogen and oxygen atoms in total. The summed E-state index contributed by atoms with van der Waals surface area (Å²) in [6, 6.07) is 6.87. The summed E-state index contributed by atoms with van der Waals surface area (Å²) in [7, 11) is -4.18. The SMILES string of the molecule is O=C1CCc2cc(NS(=O)(=O)c3ccc(F)cc3F)ccc2N1. The molecule has 0 saturated carbocycles. The van der Waals surface area contributed by atoms with Crippen LogP contribution in [-0.2, 0) is 21.2 Å². The molecule has 0 unspecified atom stereocenters. The first-order valence-corrected chi connectivity index (χ1v) is 8.24. The number of sulfonamides is 1. The maximum atomic E-state index is 13.7. The van der Waals surface area contributed by atoms with Gasteiger partial charge in [0.15, 0.2) is 0 Å². The van der Waals surface area contributed by atoms with Crippen LogP contribution in [0.15, 0.2) is 41.3 Å². The van der Waals surface area contributed by atoms with Crippen molar-refractivity contribution in [3.05, 3.63) is 53.6 Å². The van der Waals surface area contributed by atoms with E-state index in [-0.39, 0.29) is 11.6 Å². The van der Waals surface area contributed by atoms with Crippen LogP contribution in [0.2, 0.25) is 0 Å². The summed E-state index contributed by atoms with van der Waals surface area (Å²) in [6.45, 7) is 0. The molecule has 1 aliphatic heterocycles. The first-order valence-electron chi connectivity index (χ1n) is 6.76. The highest BCUT2D eigenvalue weighted by atomic mass is 32.2. The van der Waals surface area contributed by atoms with E-state index in [1.54, 1.807) is 12.1 Å². The summed E-state index contributed by atoms with van der Waals surface area (Å²) in [5.41, 5.74) is 1.64. The lowest BCUT2D eigenvalue weighted by Crippen LogP contribution is -2.19. The number of hydrogen-bond acceptors (Lipinski definition) is 3. The number of halogens is 2. The lowest BCUT2D eigenvalue weighted by molar-refractivity contribution is -0.116. The summed E-state index contributed by atoms with van der Waals surface area (Å²) in [5.74, 6) is -2.12. The molecule has 0 bridgehead atoms. The number of benzene rings is 2. The molecule has 1 amide bonds. The fourth-order valence-electron chi connectivity index (χ4n) is 2.35. The fraction of sp³-hybridized carbons (Fsp3) is 0.133. The van der Waals surface area contributed by atoms with Crippen molar-refractivity contribution < 1.29 is 22.0 Å². The van der Waals surface area contributed by atoms with E-state index in [1.807, 2.05) is 0 Å². The van der Waals surface area contributed by atoms with Crippen molar-refractivity contribution in [1.29, 1.82) is 0 Å². The lowest BCUT2D eigenvalue weighted by atomic mass is 10.0. The van der Waals surface area contributed by atoms with E-state index >= 15 is 0 Å². The van der Waals surface area contributed by atoms with Crippen LogP contribution in [0.1, 0.15) is 12.0 Å². The largest absolute Gasteiger partial charge is 0.326 e. The number of carbonyl (C=O) groups excluding carboxylic acids is 1. The average molecular weight is 338 g/mol. The second-order valence-corrected chi connectivity index (χ2v) is 6.75. The van der Waals surface area contributed by atoms with Gasteiger partial charge < -0.3 is 5.32 Å². The third-order valence-electron chi connectivity index (χ3n) is 3.44. The second kappa shape index (κ2) is 5.62. The predicted octanol–water partition coefficient (Wildman–Crippen LogP) is 2.65. The molecule has 1 heterocycles. The van der Waals surface area contributed by atoms with Crippen LogP contribution in [0.25, 0.3) is 0 Å². The van der Waals surface area contributed by atoms with Gasteiger partial charge in [0.1, 0.15) is 16.5 Å². The van der Waals surface area contributed by atoms with Crippen molar-refractivity contribution in [2.45, 2.75) is 17.7 Å². The van der Waals surface area contributed by atoms with Crippen LogP contribution in [0.5, 0.6) is 0 Å². The maximum absolute atomic E-state index is 13.7. The van der Waals surface area contributed by atoms with Crippen molar-refractivity contribution >= 4 is 27.3 Å². The van der Waals surface area contributed by atoms with E-state index in [9.17, 15) is 22.0 Å². The Morgan fingerprint density at radius 2 is 1.83 bits per heavy atom. The summed E-state index contributed by atoms with van der Waals surface area (Å²) in [6.07, 6.45) is 0.803. The Bertz CT molecular complexity index is 898. The molecule has 2 aromatic rings. The topological polar surface area (TPSA) is 75.3 Å². The molecular weight excluding hydrogens is 326 g/mol. The van der Waals surface area contributed by atoms with Gasteiger partial charge in [0.2, 0.25) is 5.91 Å². The Hall–Kier alpha value is -2.48. The molecule has 0 saturated heterocycles. The van der Waals surface area contributed by atoms with Crippen molar-refractivity contribution in [2.24, 2.45) is 0 Å². The minimum atomic E-state index is -4.18. The van der Waals surface area contributed by atoms with Gasteiger partial charge in [-0.2, -0.15) is 0 Å². The van der Waals surface area contributed by atoms with Gasteiger partial charge in [-0.3, -0.25) is 9.52 Å². The van der Waals surface area contributed by atoms with Crippen molar-refractivity contribution in [3.63, 3.8) is 0 Å². The number of anilines is 2. The highest BCUT2D eigenvalue weighted by Crippen LogP contribution is 2.27. The van der Waals surface area contributed by atoms with E-state index in [2.05, 4.69) is 10.0 Å². The van der Waals surface area contributed by atoms with Gasteiger partial charge in [-0.1, -0.05) is 0 Å². The van der Waals surface area contributed by atoms with Gasteiger partial charge >= 0.3 is 0 Å². The number of fused-ring (bicyclic) bond motifs is 1. The molecule has 8 heteroatoms. The van der Waals surface area contributed by atoms with Crippen LogP contribution in [0.4, 0.5) is 20.2 Å². The molecule has 2 aromatic carbocycles. The van der Waals surface area contributed by atoms with E-state index in [0.717, 1.165) is 17.7 Å². The molecule has 0 fully saturated rings. The van der Waals surface area contributed by atoms with E-state index in [1.165, 1.54) is 6.07 Å². The van der Waals surface area contributed by atoms with Crippen molar-refractivity contribution in [1.82, 2.24) is 0 Å². The van der Waals surface area contributed by atoms with Crippen LogP contribution in [0.3, 0.4) is 0 Å². The Balaban J connectivity index is 1.90. The second-order valence-electron chi connectivity index (χ2n) is 5.10. The van der Waals surface area contributed by atoms with E-state index in [4.69, 9.17) is 0 Å². The van der Waals surface area contributed by atoms with Crippen molar-refractivity contribution in [3.8, 4) is 0 Å². The molecule has 0 radical (unpaired) electrons. The molecule has 120 valence electrons. The monoisotopic (exact) mass is 338 g/mol. The summed E-state index contributed by atoms with van der Waals surface area (Å²) in [5, 5.41) is 2.68. The van der Waals surface area contributed by atoms with Gasteiger partial charge in [0, 0.05) is 23.9 Å². The summed E-state index contributed by atoms with van der Waals surface area (Å²) in [4.78, 5) is 10.7. The zero-order valence-electron chi connectivity index (χ0n) is 11.8. The van der Waals surface area contributed by atoms with Gasteiger partial charge in [-0.15, -0.1) is 0 Å². The number of rotatable bonds is 3. The Morgan fingerprint density at radius 3 is 2.57 bits per heavy atom. The first kappa shape index (κ1) is 15.4. The van der Waals surface area contributed by atoms with Gasteiger partial charge in [-0.25, -0.2) is 17.2 Å². The molecule has 0 aromatic heterocycles. The molecule has 1 aliphatic rings. The molecule has 3 rings (SSSR count). The van der Waals surface area contributed by atoms with Crippen LogP contribution in [-0.4, -0.2) is 14.3 Å². The molecule has 2 N–H and O–H groups in total. The number of amides is 1. The average Bonchev–Trinajstić information content (AvgIpc) is 2.46. The normalized spacial score (nSPS) is 14.1. The number of aryl methyl sites for hydroxylation is 1. The fourth-order valence-corrected chi connectivity index (χ4v) is 3.46. The minimum Gasteiger partial charge on any atom is -0.326 e. The Morgan fingerprint density at radius 1 is 1.04 bits per heavy atom. The number of carbonyl (C=O) groups is 1. The zero-order valence-corrected chi connectivity index (χ0v) is 12.6. The van der Waals surface area contributed by atoms with Gasteiger partial charge in [-0.05, 0) is 42.3 Å². The number of nitrogens with one attached hydrogen (secondary N) is 2. The Kier molecular flexibility index (Phi) is 3.77. The molecule has 0 spiro atoms. The molecule has 23 heavy (non-hydrogen) atoms. The van der Waals surface area contributed by atoms with Crippen molar-refractivity contribution in [2.75, 3.05) is 10.0 Å². The third kappa shape index (κ3) is 3.16. The van der Waals surface area contributed by atoms with Crippen LogP contribution >= 0.6 is 0 Å². The lowest BCUT2D eigenvalue weighted by Gasteiger charge is -2.18. The number of hydrogen-bond donors (Lipinski definition) is 2. The molecule has 0 aliphatic carbocycles. The quantitative estimate of drug-likeness (QED) is 0.903. The van der Waals surface area contributed by atoms with Gasteiger partial charge in [0.05, 0.1) is 0 Å². The minimum absolute atomic E-state index is 0.0980. The highest BCUT2D eigenvalue weighted by molar-refractivity contribution is 7.92. The first-order chi connectivity index (χ1) is 10.8. The maximum Gasteiger partial charge on any atom is 0.264 e. The predicted molar refractivity (Wildman–Crippen MR) is 80.6 cm³/mol. The summed E-state index contributed by atoms with van der Waals surface area (Å²) < 4.78 is 53.2. The highest BCUT2D eigenvalue weighted by Gasteiger charge is 2.21. The molecular formula is C15H12F2N2O3S. The van der Waals surface area contributed by atoms with E-state index in [0.29, 0.717) is 24.6 Å². The Labute approximate surface area is 131 Å². The third-order valence-corrected chi connectivity index (χ3v) is 4.85. The van der Waals surface area contributed by atoms with Crippen LogP contribution in [0, 0.1) is 11.6 Å². The standard InChI is InChI=1S/C15H12F2N2O3S/c16-10-2-5-14(12(17)8-10)23(21,22)19-11-3-4-13-9(7-11)1-6-15(20)18-13/h2-5,7-8,19H,1,6H2,(H,18,20). The summed E-state index contributed by atoms with van der Waals surface area (Å²) >= 11 is 0.